The fraction of sp³-hybridized carbons (Fsp3) is 0.643. The molecule has 1 N–H and O–H groups in total. The second-order valence-corrected chi connectivity index (χ2v) is 5.26. The quantitative estimate of drug-likeness (QED) is 0.850. The Morgan fingerprint density at radius 2 is 2.18 bits per heavy atom. The summed E-state index contributed by atoms with van der Waals surface area (Å²) in [7, 11) is 0. The minimum absolute atomic E-state index is 0.117. The lowest BCUT2D eigenvalue weighted by Gasteiger charge is -2.40. The van der Waals surface area contributed by atoms with Crippen LogP contribution < -0.4 is 4.90 Å². The van der Waals surface area contributed by atoms with Crippen LogP contribution in [0, 0.1) is 5.92 Å². The highest BCUT2D eigenvalue weighted by atomic mass is 16.3. The normalized spacial score (nSPS) is 28.2. The molecule has 2 fully saturated rings. The molecule has 1 aromatic rings. The fourth-order valence-electron chi connectivity index (χ4n) is 3.56. The van der Waals surface area contributed by atoms with E-state index in [1.54, 1.807) is 6.20 Å². The molecule has 17 heavy (non-hydrogen) atoms. The van der Waals surface area contributed by atoms with Crippen LogP contribution in [0.2, 0.25) is 0 Å². The third-order valence-corrected chi connectivity index (χ3v) is 4.36. The second kappa shape index (κ2) is 4.65. The number of hydrogen-bond donors (Lipinski definition) is 1. The van der Waals surface area contributed by atoms with Crippen molar-refractivity contribution in [2.24, 2.45) is 5.92 Å². The highest BCUT2D eigenvalue weighted by Gasteiger charge is 2.35. The Labute approximate surface area is 102 Å². The first-order chi connectivity index (χ1) is 8.40. The van der Waals surface area contributed by atoms with Gasteiger partial charge in [0.15, 0.2) is 0 Å². The maximum Gasteiger partial charge on any atom is 0.0703 e. The van der Waals surface area contributed by atoms with Gasteiger partial charge in [0.25, 0.3) is 0 Å². The summed E-state index contributed by atoms with van der Waals surface area (Å²) in [5.41, 5.74) is 2.18. The van der Waals surface area contributed by atoms with Crippen LogP contribution in [-0.4, -0.2) is 22.7 Å². The van der Waals surface area contributed by atoms with Crippen molar-refractivity contribution in [1.29, 1.82) is 0 Å². The minimum Gasteiger partial charge on any atom is -0.392 e. The first-order valence-electron chi connectivity index (χ1n) is 6.70. The van der Waals surface area contributed by atoms with Crippen molar-refractivity contribution in [2.75, 3.05) is 11.4 Å². The highest BCUT2D eigenvalue weighted by Crippen LogP contribution is 2.39. The van der Waals surface area contributed by atoms with Crippen LogP contribution >= 0.6 is 0 Å². The molecule has 2 atom stereocenters. The van der Waals surface area contributed by atoms with Crippen molar-refractivity contribution in [3.63, 3.8) is 0 Å². The zero-order valence-electron chi connectivity index (χ0n) is 10.2. The number of hydrogen-bond acceptors (Lipinski definition) is 3. The van der Waals surface area contributed by atoms with Gasteiger partial charge in [0, 0.05) is 24.3 Å². The lowest BCUT2D eigenvalue weighted by molar-refractivity contribution is 0.280. The van der Waals surface area contributed by atoms with Gasteiger partial charge in [-0.05, 0) is 37.7 Å². The lowest BCUT2D eigenvalue weighted by Crippen LogP contribution is -2.43. The number of aliphatic hydroxyl groups is 1. The van der Waals surface area contributed by atoms with Crippen LogP contribution in [0.25, 0.3) is 0 Å². The van der Waals surface area contributed by atoms with Gasteiger partial charge >= 0.3 is 0 Å². The molecule has 2 aliphatic rings. The van der Waals surface area contributed by atoms with Crippen LogP contribution in [0.3, 0.4) is 0 Å². The summed E-state index contributed by atoms with van der Waals surface area (Å²) in [5, 5.41) is 9.44. The monoisotopic (exact) mass is 232 g/mol. The topological polar surface area (TPSA) is 36.4 Å². The molecule has 3 nitrogen and oxygen atoms in total. The Hall–Kier alpha value is -1.09. The van der Waals surface area contributed by atoms with Crippen LogP contribution in [0.15, 0.2) is 18.5 Å². The van der Waals surface area contributed by atoms with E-state index in [1.165, 1.54) is 32.1 Å². The maximum absolute atomic E-state index is 9.44. The van der Waals surface area contributed by atoms with Crippen molar-refractivity contribution >= 4 is 5.69 Å². The van der Waals surface area contributed by atoms with E-state index in [0.29, 0.717) is 6.04 Å². The van der Waals surface area contributed by atoms with Gasteiger partial charge < -0.3 is 10.0 Å². The zero-order chi connectivity index (χ0) is 11.7. The highest BCUT2D eigenvalue weighted by molar-refractivity contribution is 5.53. The Bertz CT molecular complexity index is 394. The number of piperidine rings is 1. The molecule has 0 bridgehead atoms. The predicted octanol–water partition coefficient (Wildman–Crippen LogP) is 2.34. The largest absolute Gasteiger partial charge is 0.392 e. The standard InChI is InChI=1S/C14H20N2O/c17-10-12-6-7-15-9-14(12)16-8-2-4-11-3-1-5-13(11)16/h6-7,9,11,13,17H,1-5,8,10H2. The molecule has 1 aromatic heterocycles. The van der Waals surface area contributed by atoms with Crippen LogP contribution in [0.1, 0.15) is 37.7 Å². The molecular weight excluding hydrogens is 212 g/mol. The van der Waals surface area contributed by atoms with Crippen molar-refractivity contribution in [2.45, 2.75) is 44.8 Å². The molecule has 0 aromatic carbocycles. The van der Waals surface area contributed by atoms with Crippen molar-refractivity contribution in [1.82, 2.24) is 4.98 Å². The average molecular weight is 232 g/mol. The van der Waals surface area contributed by atoms with Crippen molar-refractivity contribution in [3.8, 4) is 0 Å². The van der Waals surface area contributed by atoms with E-state index in [1.807, 2.05) is 12.3 Å². The summed E-state index contributed by atoms with van der Waals surface area (Å²) in [4.78, 5) is 6.73. The number of fused-ring (bicyclic) bond motifs is 1. The van der Waals surface area contributed by atoms with Gasteiger partial charge in [-0.15, -0.1) is 0 Å². The van der Waals surface area contributed by atoms with E-state index < -0.39 is 0 Å². The molecule has 1 saturated carbocycles. The summed E-state index contributed by atoms with van der Waals surface area (Å²) in [5.74, 6) is 0.871. The van der Waals surface area contributed by atoms with Crippen LogP contribution in [-0.2, 0) is 6.61 Å². The number of anilines is 1. The van der Waals surface area contributed by atoms with E-state index in [-0.39, 0.29) is 6.61 Å². The van der Waals surface area contributed by atoms with Crippen molar-refractivity contribution in [3.05, 3.63) is 24.0 Å². The SMILES string of the molecule is OCc1ccncc1N1CCCC2CCCC21. The van der Waals surface area contributed by atoms with Gasteiger partial charge in [-0.2, -0.15) is 0 Å². The summed E-state index contributed by atoms with van der Waals surface area (Å²) in [6, 6.07) is 2.63. The zero-order valence-corrected chi connectivity index (χ0v) is 10.2. The summed E-state index contributed by atoms with van der Waals surface area (Å²) >= 11 is 0. The first kappa shape index (κ1) is 11.0. The molecule has 0 spiro atoms. The van der Waals surface area contributed by atoms with Gasteiger partial charge in [0.1, 0.15) is 0 Å². The number of pyridine rings is 1. The molecule has 0 amide bonds. The Kier molecular flexibility index (Phi) is 3.02. The molecule has 92 valence electrons. The Balaban J connectivity index is 1.91. The minimum atomic E-state index is 0.117. The van der Waals surface area contributed by atoms with Crippen LogP contribution in [0.4, 0.5) is 5.69 Å². The van der Waals surface area contributed by atoms with Crippen LogP contribution in [0.5, 0.6) is 0 Å². The fourth-order valence-corrected chi connectivity index (χ4v) is 3.56. The van der Waals surface area contributed by atoms with Gasteiger partial charge in [-0.25, -0.2) is 0 Å². The number of rotatable bonds is 2. The molecule has 3 heteroatoms. The van der Waals surface area contributed by atoms with Gasteiger partial charge in [-0.3, -0.25) is 4.98 Å². The maximum atomic E-state index is 9.44. The number of aliphatic hydroxyl groups excluding tert-OH is 1. The molecule has 1 saturated heterocycles. The van der Waals surface area contributed by atoms with E-state index in [9.17, 15) is 5.11 Å². The summed E-state index contributed by atoms with van der Waals surface area (Å²) < 4.78 is 0. The van der Waals surface area contributed by atoms with E-state index in [4.69, 9.17) is 0 Å². The van der Waals surface area contributed by atoms with E-state index >= 15 is 0 Å². The van der Waals surface area contributed by atoms with Gasteiger partial charge in [0.2, 0.25) is 0 Å². The Morgan fingerprint density at radius 3 is 3.06 bits per heavy atom. The van der Waals surface area contributed by atoms with E-state index in [0.717, 1.165) is 23.7 Å². The molecule has 1 aliphatic heterocycles. The number of aromatic nitrogens is 1. The summed E-state index contributed by atoms with van der Waals surface area (Å²) in [6.45, 7) is 1.24. The third-order valence-electron chi connectivity index (χ3n) is 4.36. The molecular formula is C14H20N2O. The predicted molar refractivity (Wildman–Crippen MR) is 67.9 cm³/mol. The summed E-state index contributed by atoms with van der Waals surface area (Å²) in [6.07, 6.45) is 10.4. The second-order valence-electron chi connectivity index (χ2n) is 5.26. The van der Waals surface area contributed by atoms with Crippen molar-refractivity contribution < 1.29 is 5.11 Å². The number of nitrogens with zero attached hydrogens (tertiary/aromatic N) is 2. The third kappa shape index (κ3) is 1.93. The van der Waals surface area contributed by atoms with Gasteiger partial charge in [0.05, 0.1) is 18.5 Å². The molecule has 2 heterocycles. The average Bonchev–Trinajstić information content (AvgIpc) is 2.86. The smallest absolute Gasteiger partial charge is 0.0703 e. The Morgan fingerprint density at radius 1 is 1.29 bits per heavy atom. The molecule has 2 unspecified atom stereocenters. The van der Waals surface area contributed by atoms with E-state index in [2.05, 4.69) is 9.88 Å². The molecule has 0 radical (unpaired) electrons. The molecule has 3 rings (SSSR count). The molecule has 1 aliphatic carbocycles. The lowest BCUT2D eigenvalue weighted by atomic mass is 9.91. The van der Waals surface area contributed by atoms with Gasteiger partial charge in [-0.1, -0.05) is 6.42 Å². The first-order valence-corrected chi connectivity index (χ1v) is 6.70.